The average molecular weight is 201 g/mol. The number of ether oxygens (including phenoxy) is 1. The molecule has 1 fully saturated rings. The van der Waals surface area contributed by atoms with E-state index in [-0.39, 0.29) is 5.92 Å². The Kier molecular flexibility index (Phi) is 2.98. The molecule has 0 saturated heterocycles. The van der Waals surface area contributed by atoms with Gasteiger partial charge >= 0.3 is 12.1 Å². The Bertz CT molecular complexity index is 240. The van der Waals surface area contributed by atoms with Crippen LogP contribution in [0.25, 0.3) is 0 Å². The fourth-order valence-electron chi connectivity index (χ4n) is 0.793. The summed E-state index contributed by atoms with van der Waals surface area (Å²) >= 11 is 0. The third-order valence-electron chi connectivity index (χ3n) is 1.54. The first kappa shape index (κ1) is 10.8. The summed E-state index contributed by atoms with van der Waals surface area (Å²) in [5, 5.41) is 0. The van der Waals surface area contributed by atoms with Crippen molar-refractivity contribution >= 4 is 12.1 Å². The molecule has 0 spiro atoms. The van der Waals surface area contributed by atoms with Gasteiger partial charge in [0.05, 0.1) is 5.92 Å². The molecule has 5 heteroatoms. The van der Waals surface area contributed by atoms with Crippen LogP contribution >= 0.6 is 0 Å². The number of hydroxylamine groups is 1. The number of rotatable bonds is 1. The van der Waals surface area contributed by atoms with Gasteiger partial charge < -0.3 is 9.57 Å². The second-order valence-corrected chi connectivity index (χ2v) is 4.30. The molecule has 80 valence electrons. The highest BCUT2D eigenvalue weighted by molar-refractivity contribution is 5.77. The third-order valence-corrected chi connectivity index (χ3v) is 1.54. The summed E-state index contributed by atoms with van der Waals surface area (Å²) in [4.78, 5) is 26.5. The maximum atomic E-state index is 11.0. The lowest BCUT2D eigenvalue weighted by Crippen LogP contribution is -2.34. The molecular weight excluding hydrogens is 186 g/mol. The van der Waals surface area contributed by atoms with Gasteiger partial charge in [0.15, 0.2) is 0 Å². The lowest BCUT2D eigenvalue weighted by molar-refractivity contribution is -0.152. The zero-order valence-corrected chi connectivity index (χ0v) is 8.62. The molecule has 0 atom stereocenters. The van der Waals surface area contributed by atoms with Gasteiger partial charge in [0, 0.05) is 0 Å². The second kappa shape index (κ2) is 3.86. The molecule has 0 heterocycles. The minimum atomic E-state index is -0.744. The monoisotopic (exact) mass is 201 g/mol. The van der Waals surface area contributed by atoms with E-state index in [4.69, 9.17) is 4.74 Å². The average Bonchev–Trinajstić information content (AvgIpc) is 2.78. The minimum Gasteiger partial charge on any atom is -0.442 e. The fraction of sp³-hybridized carbons (Fsp3) is 0.778. The van der Waals surface area contributed by atoms with E-state index in [0.717, 1.165) is 12.8 Å². The van der Waals surface area contributed by atoms with Crippen molar-refractivity contribution in [3.05, 3.63) is 0 Å². The molecule has 0 aromatic carbocycles. The molecule has 1 aliphatic carbocycles. The van der Waals surface area contributed by atoms with Crippen LogP contribution in [0.5, 0.6) is 0 Å². The molecule has 1 saturated carbocycles. The van der Waals surface area contributed by atoms with Crippen molar-refractivity contribution in [3.63, 3.8) is 0 Å². The van der Waals surface area contributed by atoms with Crippen molar-refractivity contribution in [1.82, 2.24) is 5.48 Å². The van der Waals surface area contributed by atoms with Crippen LogP contribution in [0.1, 0.15) is 33.6 Å². The summed E-state index contributed by atoms with van der Waals surface area (Å²) in [6.07, 6.45) is 0.940. The van der Waals surface area contributed by atoms with Crippen molar-refractivity contribution in [2.75, 3.05) is 0 Å². The van der Waals surface area contributed by atoms with Crippen molar-refractivity contribution in [2.24, 2.45) is 5.92 Å². The molecule has 0 aromatic heterocycles. The molecule has 1 rings (SSSR count). The molecular formula is C9H15NO4. The minimum absolute atomic E-state index is 0.0371. The molecule has 1 aliphatic rings. The number of hydrogen-bond donors (Lipinski definition) is 1. The molecule has 0 aromatic rings. The summed E-state index contributed by atoms with van der Waals surface area (Å²) < 4.78 is 4.86. The molecule has 14 heavy (non-hydrogen) atoms. The smallest absolute Gasteiger partial charge is 0.441 e. The summed E-state index contributed by atoms with van der Waals surface area (Å²) in [6.45, 7) is 5.19. The first-order chi connectivity index (χ1) is 6.38. The number of carbonyl (C=O) groups is 2. The van der Waals surface area contributed by atoms with Crippen molar-refractivity contribution in [2.45, 2.75) is 39.2 Å². The highest BCUT2D eigenvalue weighted by atomic mass is 16.7. The summed E-state index contributed by atoms with van der Waals surface area (Å²) in [5.41, 5.74) is 1.36. The van der Waals surface area contributed by atoms with Gasteiger partial charge in [0.2, 0.25) is 0 Å². The van der Waals surface area contributed by atoms with E-state index in [1.165, 1.54) is 0 Å². The lowest BCUT2D eigenvalue weighted by Gasteiger charge is -2.19. The summed E-state index contributed by atoms with van der Waals surface area (Å²) in [6, 6.07) is 0. The van der Waals surface area contributed by atoms with Gasteiger partial charge in [-0.2, -0.15) is 0 Å². The van der Waals surface area contributed by atoms with Gasteiger partial charge in [-0.3, -0.25) is 0 Å². The largest absolute Gasteiger partial charge is 0.442 e. The summed E-state index contributed by atoms with van der Waals surface area (Å²) in [5.74, 6) is -0.430. The van der Waals surface area contributed by atoms with Crippen molar-refractivity contribution in [3.8, 4) is 0 Å². The SMILES string of the molecule is CC(C)(C)OC(=O)NOC(=O)C1CC1. The molecule has 1 N–H and O–H groups in total. The van der Waals surface area contributed by atoms with E-state index in [9.17, 15) is 9.59 Å². The molecule has 1 amide bonds. The quantitative estimate of drug-likeness (QED) is 0.651. The van der Waals surface area contributed by atoms with Gasteiger partial charge in [-0.25, -0.2) is 9.59 Å². The maximum absolute atomic E-state index is 11.0. The highest BCUT2D eigenvalue weighted by Gasteiger charge is 2.32. The van der Waals surface area contributed by atoms with Crippen LogP contribution in [0, 0.1) is 5.92 Å². The van der Waals surface area contributed by atoms with Crippen LogP contribution in [-0.2, 0) is 14.4 Å². The normalized spacial score (nSPS) is 15.9. The summed E-state index contributed by atoms with van der Waals surface area (Å²) in [7, 11) is 0. The van der Waals surface area contributed by atoms with Crippen molar-refractivity contribution < 1.29 is 19.2 Å². The van der Waals surface area contributed by atoms with Crippen LogP contribution < -0.4 is 5.48 Å². The Morgan fingerprint density at radius 1 is 1.29 bits per heavy atom. The Morgan fingerprint density at radius 3 is 2.29 bits per heavy atom. The van der Waals surface area contributed by atoms with Crippen LogP contribution in [-0.4, -0.2) is 17.7 Å². The standard InChI is InChI=1S/C9H15NO4/c1-9(2,3)13-8(12)10-14-7(11)6-4-5-6/h6H,4-5H2,1-3H3,(H,10,12). The van der Waals surface area contributed by atoms with Gasteiger partial charge in [-0.1, -0.05) is 0 Å². The van der Waals surface area contributed by atoms with Crippen LogP contribution in [0.3, 0.4) is 0 Å². The Morgan fingerprint density at radius 2 is 1.86 bits per heavy atom. The number of nitrogens with one attached hydrogen (secondary N) is 1. The predicted octanol–water partition coefficient (Wildman–Crippen LogP) is 1.38. The lowest BCUT2D eigenvalue weighted by atomic mass is 10.2. The van der Waals surface area contributed by atoms with Gasteiger partial charge in [-0.05, 0) is 33.6 Å². The van der Waals surface area contributed by atoms with E-state index in [1.54, 1.807) is 20.8 Å². The zero-order valence-electron chi connectivity index (χ0n) is 8.62. The highest BCUT2D eigenvalue weighted by Crippen LogP contribution is 2.29. The zero-order chi connectivity index (χ0) is 10.8. The molecule has 0 radical (unpaired) electrons. The number of carbonyl (C=O) groups excluding carboxylic acids is 2. The van der Waals surface area contributed by atoms with Crippen molar-refractivity contribution in [1.29, 1.82) is 0 Å². The second-order valence-electron chi connectivity index (χ2n) is 4.30. The Labute approximate surface area is 82.7 Å². The Hall–Kier alpha value is -1.26. The van der Waals surface area contributed by atoms with E-state index >= 15 is 0 Å². The van der Waals surface area contributed by atoms with Gasteiger partial charge in [-0.15, -0.1) is 5.48 Å². The third kappa shape index (κ3) is 4.11. The van der Waals surface area contributed by atoms with E-state index < -0.39 is 17.7 Å². The van der Waals surface area contributed by atoms with Gasteiger partial charge in [0.1, 0.15) is 5.60 Å². The van der Waals surface area contributed by atoms with Crippen LogP contribution in [0.2, 0.25) is 0 Å². The van der Waals surface area contributed by atoms with Crippen LogP contribution in [0.4, 0.5) is 4.79 Å². The van der Waals surface area contributed by atoms with Gasteiger partial charge in [0.25, 0.3) is 0 Å². The molecule has 0 unspecified atom stereocenters. The first-order valence-electron chi connectivity index (χ1n) is 4.58. The fourth-order valence-corrected chi connectivity index (χ4v) is 0.793. The number of amides is 1. The first-order valence-corrected chi connectivity index (χ1v) is 4.58. The van der Waals surface area contributed by atoms with Crippen LogP contribution in [0.15, 0.2) is 0 Å². The molecule has 0 aliphatic heterocycles. The number of hydrogen-bond acceptors (Lipinski definition) is 4. The molecule has 5 nitrogen and oxygen atoms in total. The van der Waals surface area contributed by atoms with E-state index in [0.29, 0.717) is 0 Å². The van der Waals surface area contributed by atoms with E-state index in [2.05, 4.69) is 4.84 Å². The maximum Gasteiger partial charge on any atom is 0.441 e. The Balaban J connectivity index is 2.17. The molecule has 0 bridgehead atoms. The van der Waals surface area contributed by atoms with E-state index in [1.807, 2.05) is 5.48 Å². The topological polar surface area (TPSA) is 64.6 Å². The predicted molar refractivity (Wildman–Crippen MR) is 48.2 cm³/mol.